The minimum absolute atomic E-state index is 1.12. The molecule has 0 unspecified atom stereocenters. The number of aryl methyl sites for hydroxylation is 1. The van der Waals surface area contributed by atoms with Crippen LogP contribution in [0.15, 0.2) is 10.9 Å². The Morgan fingerprint density at radius 2 is 2.62 bits per heavy atom. The lowest BCUT2D eigenvalue weighted by atomic mass is 10.4. The molecule has 0 amide bonds. The number of rotatable bonds is 2. The van der Waals surface area contributed by atoms with Crippen LogP contribution in [0.25, 0.3) is 0 Å². The highest BCUT2D eigenvalue weighted by atomic mass is 127. The molecule has 8 heavy (non-hydrogen) atoms. The Hall–Kier alpha value is 0.360. The third-order valence-electron chi connectivity index (χ3n) is 0.834. The predicted molar refractivity (Wildman–Crippen MR) is 44.7 cm³/mol. The van der Waals surface area contributed by atoms with Crippen LogP contribution in [0.5, 0.6) is 0 Å². The number of nitrogens with zero attached hydrogens (tertiary/aromatic N) is 1. The molecule has 1 heterocycles. The van der Waals surface area contributed by atoms with Gasteiger partial charge < -0.3 is 0 Å². The summed E-state index contributed by atoms with van der Waals surface area (Å²) in [6, 6.07) is 0. The number of hydrogen-bond donors (Lipinski definition) is 0. The third-order valence-corrected chi connectivity index (χ3v) is 2.01. The lowest BCUT2D eigenvalue weighted by Gasteiger charge is -1.83. The van der Waals surface area contributed by atoms with E-state index in [9.17, 15) is 0 Å². The summed E-state index contributed by atoms with van der Waals surface area (Å²) in [4.78, 5) is 4.12. The molecule has 0 saturated heterocycles. The van der Waals surface area contributed by atoms with Crippen molar-refractivity contribution >= 4 is 33.9 Å². The van der Waals surface area contributed by atoms with Crippen molar-refractivity contribution in [1.29, 1.82) is 0 Å². The number of hydrogen-bond acceptors (Lipinski definition) is 2. The Kier molecular flexibility index (Phi) is 2.75. The van der Waals surface area contributed by atoms with Crippen LogP contribution in [0.1, 0.15) is 5.69 Å². The molecule has 0 atom stereocenters. The molecule has 0 bridgehead atoms. The van der Waals surface area contributed by atoms with Crippen molar-refractivity contribution in [1.82, 2.24) is 4.98 Å². The van der Waals surface area contributed by atoms with E-state index in [1.165, 1.54) is 10.1 Å². The molecule has 1 aromatic rings. The minimum Gasteiger partial charge on any atom is -0.250 e. The van der Waals surface area contributed by atoms with Crippen LogP contribution >= 0.6 is 33.9 Å². The van der Waals surface area contributed by atoms with Gasteiger partial charge in [0.1, 0.15) is 0 Å². The van der Waals surface area contributed by atoms with Gasteiger partial charge in [-0.25, -0.2) is 4.98 Å². The maximum atomic E-state index is 4.12. The SMILES string of the molecule is ICCc1cscn1. The van der Waals surface area contributed by atoms with Gasteiger partial charge in [0.15, 0.2) is 0 Å². The van der Waals surface area contributed by atoms with Crippen molar-refractivity contribution < 1.29 is 0 Å². The molecule has 0 aliphatic heterocycles. The second kappa shape index (κ2) is 3.40. The van der Waals surface area contributed by atoms with Crippen molar-refractivity contribution in [3.63, 3.8) is 0 Å². The zero-order chi connectivity index (χ0) is 5.82. The van der Waals surface area contributed by atoms with E-state index < -0.39 is 0 Å². The Morgan fingerprint density at radius 1 is 1.75 bits per heavy atom. The normalized spacial score (nSPS) is 9.62. The molecule has 1 rings (SSSR count). The van der Waals surface area contributed by atoms with Crippen LogP contribution in [-0.4, -0.2) is 9.41 Å². The fraction of sp³-hybridized carbons (Fsp3) is 0.400. The summed E-state index contributed by atoms with van der Waals surface area (Å²) in [5, 5.41) is 2.10. The summed E-state index contributed by atoms with van der Waals surface area (Å²) in [6.45, 7) is 0. The van der Waals surface area contributed by atoms with Crippen LogP contribution in [0.3, 0.4) is 0 Å². The van der Waals surface area contributed by atoms with E-state index in [2.05, 4.69) is 33.0 Å². The molecule has 0 radical (unpaired) electrons. The molecule has 0 aliphatic carbocycles. The fourth-order valence-corrected chi connectivity index (χ4v) is 1.60. The van der Waals surface area contributed by atoms with Crippen molar-refractivity contribution in [2.75, 3.05) is 4.43 Å². The van der Waals surface area contributed by atoms with Gasteiger partial charge in [0.05, 0.1) is 11.2 Å². The highest BCUT2D eigenvalue weighted by molar-refractivity contribution is 14.1. The maximum absolute atomic E-state index is 4.12. The van der Waals surface area contributed by atoms with Crippen LogP contribution < -0.4 is 0 Å². The zero-order valence-corrected chi connectivity index (χ0v) is 7.28. The first-order valence-electron chi connectivity index (χ1n) is 2.36. The Balaban J connectivity index is 2.50. The van der Waals surface area contributed by atoms with E-state index in [0.29, 0.717) is 0 Å². The van der Waals surface area contributed by atoms with Crippen molar-refractivity contribution in [2.24, 2.45) is 0 Å². The van der Waals surface area contributed by atoms with Gasteiger partial charge in [0.25, 0.3) is 0 Å². The first-order valence-corrected chi connectivity index (χ1v) is 4.83. The van der Waals surface area contributed by atoms with Gasteiger partial charge >= 0.3 is 0 Å². The summed E-state index contributed by atoms with van der Waals surface area (Å²) in [7, 11) is 0. The van der Waals surface area contributed by atoms with Gasteiger partial charge in [-0.15, -0.1) is 11.3 Å². The molecule has 0 spiro atoms. The molecule has 1 aromatic heterocycles. The first-order chi connectivity index (χ1) is 3.93. The molecule has 0 N–H and O–H groups in total. The first kappa shape index (κ1) is 6.48. The highest BCUT2D eigenvalue weighted by Gasteiger charge is 1.89. The fourth-order valence-electron chi connectivity index (χ4n) is 0.458. The molecule has 0 aliphatic rings. The molecular formula is C5H6INS. The molecular weight excluding hydrogens is 233 g/mol. The summed E-state index contributed by atoms with van der Waals surface area (Å²) in [6.07, 6.45) is 1.12. The van der Waals surface area contributed by atoms with Crippen molar-refractivity contribution in [3.05, 3.63) is 16.6 Å². The van der Waals surface area contributed by atoms with Crippen LogP contribution in [0.2, 0.25) is 0 Å². The number of thiazole rings is 1. The standard InChI is InChI=1S/C5H6INS/c6-2-1-5-3-8-4-7-5/h3-4H,1-2H2. The summed E-state index contributed by atoms with van der Waals surface area (Å²) in [5.41, 5.74) is 3.10. The van der Waals surface area contributed by atoms with Gasteiger partial charge in [-0.3, -0.25) is 0 Å². The molecule has 1 nitrogen and oxygen atoms in total. The van der Waals surface area contributed by atoms with Crippen LogP contribution in [-0.2, 0) is 6.42 Å². The number of alkyl halides is 1. The van der Waals surface area contributed by atoms with E-state index in [0.717, 1.165) is 6.42 Å². The van der Waals surface area contributed by atoms with Gasteiger partial charge in [0.2, 0.25) is 0 Å². The molecule has 0 fully saturated rings. The second-order valence-corrected chi connectivity index (χ2v) is 3.22. The Bertz CT molecular complexity index is 138. The topological polar surface area (TPSA) is 12.9 Å². The highest BCUT2D eigenvalue weighted by Crippen LogP contribution is 2.02. The quantitative estimate of drug-likeness (QED) is 0.569. The van der Waals surface area contributed by atoms with Crippen LogP contribution in [0, 0.1) is 0 Å². The lowest BCUT2D eigenvalue weighted by Crippen LogP contribution is -1.82. The second-order valence-electron chi connectivity index (χ2n) is 1.42. The summed E-state index contributed by atoms with van der Waals surface area (Å²) >= 11 is 4.02. The van der Waals surface area contributed by atoms with Gasteiger partial charge in [-0.1, -0.05) is 22.6 Å². The van der Waals surface area contributed by atoms with E-state index in [1.807, 2.05) is 5.51 Å². The van der Waals surface area contributed by atoms with E-state index in [-0.39, 0.29) is 0 Å². The average molecular weight is 239 g/mol. The maximum Gasteiger partial charge on any atom is 0.0794 e. The van der Waals surface area contributed by atoms with E-state index in [4.69, 9.17) is 0 Å². The van der Waals surface area contributed by atoms with Gasteiger partial charge in [-0.2, -0.15) is 0 Å². The molecule has 0 saturated carbocycles. The molecule has 0 aromatic carbocycles. The van der Waals surface area contributed by atoms with Crippen molar-refractivity contribution in [3.8, 4) is 0 Å². The Morgan fingerprint density at radius 3 is 3.12 bits per heavy atom. The van der Waals surface area contributed by atoms with E-state index >= 15 is 0 Å². The van der Waals surface area contributed by atoms with Crippen molar-refractivity contribution in [2.45, 2.75) is 6.42 Å². The Labute approximate surface area is 66.3 Å². The third kappa shape index (κ3) is 1.70. The monoisotopic (exact) mass is 239 g/mol. The average Bonchev–Trinajstić information content (AvgIpc) is 2.19. The summed E-state index contributed by atoms with van der Waals surface area (Å²) in [5.74, 6) is 0. The lowest BCUT2D eigenvalue weighted by molar-refractivity contribution is 1.09. The van der Waals surface area contributed by atoms with Gasteiger partial charge in [-0.05, 0) is 6.42 Å². The van der Waals surface area contributed by atoms with Gasteiger partial charge in [0, 0.05) is 9.81 Å². The molecule has 44 valence electrons. The van der Waals surface area contributed by atoms with E-state index in [1.54, 1.807) is 11.3 Å². The number of halogens is 1. The minimum atomic E-state index is 1.12. The van der Waals surface area contributed by atoms with Crippen LogP contribution in [0.4, 0.5) is 0 Å². The predicted octanol–water partition coefficient (Wildman–Crippen LogP) is 2.12. The smallest absolute Gasteiger partial charge is 0.0794 e. The molecule has 3 heteroatoms. The zero-order valence-electron chi connectivity index (χ0n) is 4.30. The number of aromatic nitrogens is 1. The largest absolute Gasteiger partial charge is 0.250 e. The summed E-state index contributed by atoms with van der Waals surface area (Å²) < 4.78 is 1.17.